The largest absolute Gasteiger partial charge is 0.508 e. The minimum Gasteiger partial charge on any atom is -0.508 e. The number of urea groups is 1. The summed E-state index contributed by atoms with van der Waals surface area (Å²) in [6, 6.07) is 18.8. The van der Waals surface area contributed by atoms with Gasteiger partial charge in [0.25, 0.3) is 0 Å². The highest BCUT2D eigenvalue weighted by molar-refractivity contribution is 6.00. The van der Waals surface area contributed by atoms with Crippen LogP contribution in [-0.2, 0) is 0 Å². The lowest BCUT2D eigenvalue weighted by Gasteiger charge is -2.13. The van der Waals surface area contributed by atoms with E-state index in [0.29, 0.717) is 23.0 Å². The number of rotatable bonds is 5. The predicted octanol–water partition coefficient (Wildman–Crippen LogP) is 4.72. The first-order valence-electron chi connectivity index (χ1n) is 9.19. The second kappa shape index (κ2) is 8.36. The number of benzene rings is 2. The van der Waals surface area contributed by atoms with Crippen molar-refractivity contribution in [2.24, 2.45) is 0 Å². The molecule has 0 radical (unpaired) electrons. The molecule has 30 heavy (non-hydrogen) atoms. The predicted molar refractivity (Wildman–Crippen MR) is 113 cm³/mol. The smallest absolute Gasteiger partial charge is 0.323 e. The van der Waals surface area contributed by atoms with Crippen LogP contribution in [0.3, 0.4) is 0 Å². The monoisotopic (exact) mass is 401 g/mol. The molecule has 0 saturated heterocycles. The van der Waals surface area contributed by atoms with Gasteiger partial charge in [-0.3, -0.25) is 4.98 Å². The van der Waals surface area contributed by atoms with Crippen LogP contribution in [0.15, 0.2) is 79.1 Å². The standard InChI is InChI=1S/C22H19N5O3/c1-15-13-21(27(26-15)17-5-3-2-4-6-17)30-20-11-12-23-14-19(20)25-22(29)24-16-7-9-18(28)10-8-16/h2-14,28H,1H3,(H2,24,25,29). The summed E-state index contributed by atoms with van der Waals surface area (Å²) >= 11 is 0. The number of nitrogens with one attached hydrogen (secondary N) is 2. The van der Waals surface area contributed by atoms with E-state index in [0.717, 1.165) is 11.4 Å². The van der Waals surface area contributed by atoms with Gasteiger partial charge in [0.15, 0.2) is 5.75 Å². The van der Waals surface area contributed by atoms with Gasteiger partial charge in [0.05, 0.1) is 17.6 Å². The van der Waals surface area contributed by atoms with Crippen molar-refractivity contribution >= 4 is 17.4 Å². The molecule has 8 heteroatoms. The molecule has 2 aromatic carbocycles. The number of aryl methyl sites for hydroxylation is 1. The van der Waals surface area contributed by atoms with Crippen LogP contribution in [-0.4, -0.2) is 25.9 Å². The van der Waals surface area contributed by atoms with Crippen LogP contribution in [0.4, 0.5) is 16.2 Å². The van der Waals surface area contributed by atoms with E-state index in [1.54, 1.807) is 29.1 Å². The molecule has 2 heterocycles. The molecule has 4 rings (SSSR count). The molecule has 0 spiro atoms. The normalized spacial score (nSPS) is 10.4. The number of hydrogen-bond donors (Lipinski definition) is 3. The van der Waals surface area contributed by atoms with Crippen LogP contribution in [0.2, 0.25) is 0 Å². The first kappa shape index (κ1) is 19.0. The number of phenols is 1. The first-order chi connectivity index (χ1) is 14.6. The highest BCUT2D eigenvalue weighted by Gasteiger charge is 2.14. The molecule has 150 valence electrons. The zero-order chi connectivity index (χ0) is 20.9. The van der Waals surface area contributed by atoms with Crippen molar-refractivity contribution in [3.8, 4) is 23.1 Å². The van der Waals surface area contributed by atoms with Gasteiger partial charge >= 0.3 is 6.03 Å². The third-order valence-electron chi connectivity index (χ3n) is 4.17. The number of amides is 2. The van der Waals surface area contributed by atoms with Gasteiger partial charge in [0.2, 0.25) is 5.88 Å². The number of aromatic nitrogens is 3. The average molecular weight is 401 g/mol. The molecule has 0 aliphatic heterocycles. The zero-order valence-corrected chi connectivity index (χ0v) is 16.1. The van der Waals surface area contributed by atoms with Crippen molar-refractivity contribution in [1.29, 1.82) is 0 Å². The van der Waals surface area contributed by atoms with E-state index in [1.807, 2.05) is 43.3 Å². The molecule has 2 amide bonds. The van der Waals surface area contributed by atoms with E-state index in [4.69, 9.17) is 4.74 Å². The molecule has 0 saturated carbocycles. The van der Waals surface area contributed by atoms with Crippen LogP contribution >= 0.6 is 0 Å². The molecular weight excluding hydrogens is 382 g/mol. The fraction of sp³-hybridized carbons (Fsp3) is 0.0455. The fourth-order valence-corrected chi connectivity index (χ4v) is 2.81. The van der Waals surface area contributed by atoms with Crippen LogP contribution in [0, 0.1) is 6.92 Å². The number of phenolic OH excluding ortho intramolecular Hbond substituents is 1. The Labute approximate surface area is 172 Å². The minimum absolute atomic E-state index is 0.120. The van der Waals surface area contributed by atoms with E-state index < -0.39 is 6.03 Å². The Morgan fingerprint density at radius 1 is 1.03 bits per heavy atom. The van der Waals surface area contributed by atoms with Crippen molar-refractivity contribution < 1.29 is 14.6 Å². The summed E-state index contributed by atoms with van der Waals surface area (Å²) in [5.74, 6) is 1.05. The Hall–Kier alpha value is -4.33. The highest BCUT2D eigenvalue weighted by Crippen LogP contribution is 2.30. The highest BCUT2D eigenvalue weighted by atomic mass is 16.5. The lowest BCUT2D eigenvalue weighted by atomic mass is 10.3. The molecule has 4 aromatic rings. The van der Waals surface area contributed by atoms with Crippen molar-refractivity contribution in [2.75, 3.05) is 10.6 Å². The molecule has 0 fully saturated rings. The van der Waals surface area contributed by atoms with Gasteiger partial charge < -0.3 is 20.5 Å². The number of aromatic hydroxyl groups is 1. The summed E-state index contributed by atoms with van der Waals surface area (Å²) in [6.45, 7) is 1.88. The summed E-state index contributed by atoms with van der Waals surface area (Å²) in [6.07, 6.45) is 3.08. The number of carbonyl (C=O) groups is 1. The summed E-state index contributed by atoms with van der Waals surface area (Å²) in [7, 11) is 0. The maximum absolute atomic E-state index is 12.4. The summed E-state index contributed by atoms with van der Waals surface area (Å²) < 4.78 is 7.76. The van der Waals surface area contributed by atoms with E-state index in [1.165, 1.54) is 18.3 Å². The molecule has 0 bridgehead atoms. The number of hydrogen-bond acceptors (Lipinski definition) is 5. The van der Waals surface area contributed by atoms with Crippen LogP contribution in [0.25, 0.3) is 5.69 Å². The van der Waals surface area contributed by atoms with Crippen LogP contribution < -0.4 is 15.4 Å². The average Bonchev–Trinajstić information content (AvgIpc) is 3.12. The Morgan fingerprint density at radius 3 is 2.57 bits per heavy atom. The quantitative estimate of drug-likeness (QED) is 0.420. The molecule has 8 nitrogen and oxygen atoms in total. The molecule has 0 atom stereocenters. The topological polar surface area (TPSA) is 101 Å². The Bertz CT molecular complexity index is 1160. The number of anilines is 2. The van der Waals surface area contributed by atoms with E-state index in [9.17, 15) is 9.90 Å². The van der Waals surface area contributed by atoms with Crippen molar-refractivity contribution in [3.63, 3.8) is 0 Å². The maximum atomic E-state index is 12.4. The number of ether oxygens (including phenoxy) is 1. The Kier molecular flexibility index (Phi) is 5.29. The van der Waals surface area contributed by atoms with Gasteiger partial charge in [-0.2, -0.15) is 5.10 Å². The lowest BCUT2D eigenvalue weighted by Crippen LogP contribution is -2.19. The second-order valence-electron chi connectivity index (χ2n) is 6.47. The summed E-state index contributed by atoms with van der Waals surface area (Å²) in [4.78, 5) is 16.4. The maximum Gasteiger partial charge on any atom is 0.323 e. The van der Waals surface area contributed by atoms with E-state index in [2.05, 4.69) is 20.7 Å². The Balaban J connectivity index is 1.54. The molecule has 0 aliphatic rings. The van der Waals surface area contributed by atoms with Gasteiger partial charge in [-0.25, -0.2) is 9.48 Å². The number of pyridine rings is 1. The summed E-state index contributed by atoms with van der Waals surface area (Å²) in [5.41, 5.74) is 2.58. The third kappa shape index (κ3) is 4.39. The minimum atomic E-state index is -0.466. The Morgan fingerprint density at radius 2 is 1.80 bits per heavy atom. The lowest BCUT2D eigenvalue weighted by molar-refractivity contribution is 0.262. The van der Waals surface area contributed by atoms with Gasteiger partial charge in [-0.1, -0.05) is 18.2 Å². The van der Waals surface area contributed by atoms with Crippen molar-refractivity contribution in [1.82, 2.24) is 14.8 Å². The van der Waals surface area contributed by atoms with Crippen molar-refractivity contribution in [3.05, 3.63) is 84.8 Å². The number of para-hydroxylation sites is 1. The van der Waals surface area contributed by atoms with Gasteiger partial charge in [0, 0.05) is 24.0 Å². The van der Waals surface area contributed by atoms with Gasteiger partial charge in [-0.15, -0.1) is 0 Å². The number of nitrogens with zero attached hydrogens (tertiary/aromatic N) is 3. The number of carbonyl (C=O) groups excluding carboxylic acids is 1. The van der Waals surface area contributed by atoms with Crippen LogP contribution in [0.1, 0.15) is 5.69 Å². The SMILES string of the molecule is Cc1cc(Oc2ccncc2NC(=O)Nc2ccc(O)cc2)n(-c2ccccc2)n1. The molecule has 0 unspecified atom stereocenters. The van der Waals surface area contributed by atoms with Gasteiger partial charge in [-0.05, 0) is 43.3 Å². The molecule has 2 aromatic heterocycles. The van der Waals surface area contributed by atoms with Crippen LogP contribution in [0.5, 0.6) is 17.4 Å². The zero-order valence-electron chi connectivity index (χ0n) is 16.1. The second-order valence-corrected chi connectivity index (χ2v) is 6.47. The molecule has 3 N–H and O–H groups in total. The van der Waals surface area contributed by atoms with Crippen molar-refractivity contribution in [2.45, 2.75) is 6.92 Å². The first-order valence-corrected chi connectivity index (χ1v) is 9.19. The molecular formula is C22H19N5O3. The molecule has 0 aliphatic carbocycles. The fourth-order valence-electron chi connectivity index (χ4n) is 2.81. The van der Waals surface area contributed by atoms with Gasteiger partial charge in [0.1, 0.15) is 11.4 Å². The summed E-state index contributed by atoms with van der Waals surface area (Å²) in [5, 5.41) is 19.3. The van der Waals surface area contributed by atoms with E-state index in [-0.39, 0.29) is 5.75 Å². The third-order valence-corrected chi connectivity index (χ3v) is 4.17. The van der Waals surface area contributed by atoms with E-state index >= 15 is 0 Å².